The summed E-state index contributed by atoms with van der Waals surface area (Å²) in [4.78, 5) is 13.8. The summed E-state index contributed by atoms with van der Waals surface area (Å²) in [6, 6.07) is 5.30. The molecule has 0 aliphatic heterocycles. The first-order valence-electron chi connectivity index (χ1n) is 4.89. The lowest BCUT2D eigenvalue weighted by Crippen LogP contribution is -2.40. The summed E-state index contributed by atoms with van der Waals surface area (Å²) in [5.74, 6) is -0.0511. The number of halogens is 3. The van der Waals surface area contributed by atoms with E-state index < -0.39 is 0 Å². The van der Waals surface area contributed by atoms with Gasteiger partial charge in [0.2, 0.25) is 0 Å². The highest BCUT2D eigenvalue weighted by atomic mass is 127. The molecular formula is C11H15Cl2IN2O. The zero-order valence-corrected chi connectivity index (χ0v) is 13.3. The van der Waals surface area contributed by atoms with Crippen LogP contribution in [0.2, 0.25) is 5.02 Å². The van der Waals surface area contributed by atoms with Crippen LogP contribution in [0.25, 0.3) is 0 Å². The highest BCUT2D eigenvalue weighted by molar-refractivity contribution is 14.1. The third kappa shape index (κ3) is 4.28. The molecule has 0 radical (unpaired) electrons. The average Bonchev–Trinajstić information content (AvgIpc) is 2.29. The Morgan fingerprint density at radius 1 is 1.59 bits per heavy atom. The highest BCUT2D eigenvalue weighted by Gasteiger charge is 2.18. The van der Waals surface area contributed by atoms with Gasteiger partial charge in [-0.1, -0.05) is 11.6 Å². The van der Waals surface area contributed by atoms with Gasteiger partial charge in [0.25, 0.3) is 5.91 Å². The molecule has 1 amide bonds. The standard InChI is InChI=1S/C11H14ClIN2O.ClH/c1-7(6-14)15(2)11(16)9-5-8(12)3-4-10(9)13;/h3-5,7H,6,14H2,1-2H3;1H. The molecule has 6 heteroatoms. The zero-order valence-electron chi connectivity index (χ0n) is 9.61. The van der Waals surface area contributed by atoms with Gasteiger partial charge >= 0.3 is 0 Å². The lowest BCUT2D eigenvalue weighted by atomic mass is 10.2. The van der Waals surface area contributed by atoms with Gasteiger partial charge in [0, 0.05) is 28.2 Å². The van der Waals surface area contributed by atoms with Crippen molar-refractivity contribution in [3.63, 3.8) is 0 Å². The molecule has 0 aliphatic rings. The number of nitrogens with zero attached hydrogens (tertiary/aromatic N) is 1. The van der Waals surface area contributed by atoms with Crippen molar-refractivity contribution in [1.29, 1.82) is 0 Å². The Morgan fingerprint density at radius 3 is 2.71 bits per heavy atom. The fourth-order valence-corrected chi connectivity index (χ4v) is 1.95. The molecule has 0 saturated heterocycles. The van der Waals surface area contributed by atoms with Gasteiger partial charge in [0.05, 0.1) is 5.56 Å². The van der Waals surface area contributed by atoms with E-state index in [4.69, 9.17) is 17.3 Å². The van der Waals surface area contributed by atoms with Crippen LogP contribution >= 0.6 is 46.6 Å². The zero-order chi connectivity index (χ0) is 12.3. The number of rotatable bonds is 3. The Balaban J connectivity index is 0.00000256. The molecule has 0 aliphatic carbocycles. The summed E-state index contributed by atoms with van der Waals surface area (Å²) in [6.45, 7) is 2.36. The van der Waals surface area contributed by atoms with Crippen LogP contribution in [0.4, 0.5) is 0 Å². The summed E-state index contributed by atoms with van der Waals surface area (Å²) < 4.78 is 0.892. The van der Waals surface area contributed by atoms with Crippen LogP contribution < -0.4 is 5.73 Å². The molecule has 0 bridgehead atoms. The largest absolute Gasteiger partial charge is 0.338 e. The molecule has 3 nitrogen and oxygen atoms in total. The first-order chi connectivity index (χ1) is 7.47. The van der Waals surface area contributed by atoms with Gasteiger partial charge in [-0.2, -0.15) is 0 Å². The van der Waals surface area contributed by atoms with Crippen LogP contribution in [-0.4, -0.2) is 30.4 Å². The maximum Gasteiger partial charge on any atom is 0.255 e. The Morgan fingerprint density at radius 2 is 2.18 bits per heavy atom. The molecule has 17 heavy (non-hydrogen) atoms. The van der Waals surface area contributed by atoms with Crippen LogP contribution in [0.15, 0.2) is 18.2 Å². The fourth-order valence-electron chi connectivity index (χ4n) is 1.21. The van der Waals surface area contributed by atoms with Crippen molar-refractivity contribution in [2.24, 2.45) is 5.73 Å². The first-order valence-corrected chi connectivity index (χ1v) is 6.35. The molecule has 1 unspecified atom stereocenters. The van der Waals surface area contributed by atoms with E-state index >= 15 is 0 Å². The van der Waals surface area contributed by atoms with Crippen molar-refractivity contribution in [2.45, 2.75) is 13.0 Å². The SMILES string of the molecule is CC(CN)N(C)C(=O)c1cc(Cl)ccc1I.Cl. The summed E-state index contributed by atoms with van der Waals surface area (Å²) in [7, 11) is 1.75. The third-order valence-electron chi connectivity index (χ3n) is 2.48. The summed E-state index contributed by atoms with van der Waals surface area (Å²) in [5.41, 5.74) is 6.16. The van der Waals surface area contributed by atoms with E-state index in [0.717, 1.165) is 3.57 Å². The van der Waals surface area contributed by atoms with E-state index in [1.165, 1.54) is 0 Å². The topological polar surface area (TPSA) is 46.3 Å². The Kier molecular flexibility index (Phi) is 7.39. The van der Waals surface area contributed by atoms with Crippen LogP contribution in [0.3, 0.4) is 0 Å². The van der Waals surface area contributed by atoms with Crippen molar-refractivity contribution in [1.82, 2.24) is 4.90 Å². The van der Waals surface area contributed by atoms with Crippen molar-refractivity contribution in [2.75, 3.05) is 13.6 Å². The normalized spacial score (nSPS) is 11.6. The van der Waals surface area contributed by atoms with Gasteiger partial charge in [0.15, 0.2) is 0 Å². The lowest BCUT2D eigenvalue weighted by molar-refractivity contribution is 0.0747. The Hall–Kier alpha value is -0.0400. The van der Waals surface area contributed by atoms with Crippen molar-refractivity contribution >= 4 is 52.5 Å². The molecule has 0 heterocycles. The molecular weight excluding hydrogens is 374 g/mol. The molecule has 2 N–H and O–H groups in total. The summed E-state index contributed by atoms with van der Waals surface area (Å²) in [5, 5.41) is 0.567. The molecule has 1 rings (SSSR count). The second kappa shape index (κ2) is 7.41. The maximum atomic E-state index is 12.1. The van der Waals surface area contributed by atoms with Crippen LogP contribution in [0, 0.1) is 3.57 Å². The monoisotopic (exact) mass is 388 g/mol. The number of benzene rings is 1. The van der Waals surface area contributed by atoms with Crippen molar-refractivity contribution < 1.29 is 4.79 Å². The van der Waals surface area contributed by atoms with Gasteiger partial charge in [-0.15, -0.1) is 12.4 Å². The van der Waals surface area contributed by atoms with Gasteiger partial charge in [0.1, 0.15) is 0 Å². The molecule has 1 aromatic carbocycles. The minimum atomic E-state index is -0.0511. The van der Waals surface area contributed by atoms with Gasteiger partial charge in [-0.05, 0) is 47.7 Å². The molecule has 1 atom stereocenters. The number of likely N-dealkylation sites (N-methyl/N-ethyl adjacent to an activating group) is 1. The van der Waals surface area contributed by atoms with Crippen LogP contribution in [-0.2, 0) is 0 Å². The van der Waals surface area contributed by atoms with Gasteiger partial charge in [-0.3, -0.25) is 4.79 Å². The molecule has 0 saturated carbocycles. The highest BCUT2D eigenvalue weighted by Crippen LogP contribution is 2.19. The van der Waals surface area contributed by atoms with Crippen LogP contribution in [0.5, 0.6) is 0 Å². The van der Waals surface area contributed by atoms with E-state index in [2.05, 4.69) is 22.6 Å². The van der Waals surface area contributed by atoms with E-state index in [-0.39, 0.29) is 24.4 Å². The Labute approximate surface area is 126 Å². The number of hydrogen-bond acceptors (Lipinski definition) is 2. The molecule has 0 spiro atoms. The number of carbonyl (C=O) groups excluding carboxylic acids is 1. The van der Waals surface area contributed by atoms with Crippen molar-refractivity contribution in [3.8, 4) is 0 Å². The predicted molar refractivity (Wildman–Crippen MR) is 82.0 cm³/mol. The average molecular weight is 389 g/mol. The third-order valence-corrected chi connectivity index (χ3v) is 3.66. The molecule has 0 aromatic heterocycles. The summed E-state index contributed by atoms with van der Waals surface area (Å²) >= 11 is 8.00. The lowest BCUT2D eigenvalue weighted by Gasteiger charge is -2.24. The number of hydrogen-bond donors (Lipinski definition) is 1. The number of nitrogens with two attached hydrogens (primary N) is 1. The number of amides is 1. The van der Waals surface area contributed by atoms with E-state index in [9.17, 15) is 4.79 Å². The van der Waals surface area contributed by atoms with E-state index in [0.29, 0.717) is 17.1 Å². The quantitative estimate of drug-likeness (QED) is 0.809. The molecule has 0 fully saturated rings. The smallest absolute Gasteiger partial charge is 0.255 e. The van der Waals surface area contributed by atoms with Crippen LogP contribution in [0.1, 0.15) is 17.3 Å². The minimum absolute atomic E-state index is 0. The van der Waals surface area contributed by atoms with Gasteiger partial charge < -0.3 is 10.6 Å². The second-order valence-corrected chi connectivity index (χ2v) is 5.22. The second-order valence-electron chi connectivity index (χ2n) is 3.62. The maximum absolute atomic E-state index is 12.1. The number of carbonyl (C=O) groups is 1. The van der Waals surface area contributed by atoms with E-state index in [1.807, 2.05) is 13.0 Å². The summed E-state index contributed by atoms with van der Waals surface area (Å²) in [6.07, 6.45) is 0. The predicted octanol–water partition coefficient (Wildman–Crippen LogP) is 2.79. The first kappa shape index (κ1) is 17.0. The minimum Gasteiger partial charge on any atom is -0.338 e. The van der Waals surface area contributed by atoms with E-state index in [1.54, 1.807) is 24.1 Å². The molecule has 1 aromatic rings. The Bertz CT molecular complexity index is 401. The van der Waals surface area contributed by atoms with Crippen molar-refractivity contribution in [3.05, 3.63) is 32.4 Å². The fraction of sp³-hybridized carbons (Fsp3) is 0.364. The van der Waals surface area contributed by atoms with Gasteiger partial charge in [-0.25, -0.2) is 0 Å². The molecule has 96 valence electrons.